The molecule has 1 unspecified atom stereocenters. The van der Waals surface area contributed by atoms with Gasteiger partial charge in [-0.3, -0.25) is 14.5 Å². The number of nitrogens with one attached hydrogen (secondary N) is 1. The van der Waals surface area contributed by atoms with Crippen molar-refractivity contribution >= 4 is 23.2 Å². The Morgan fingerprint density at radius 2 is 2.11 bits per heavy atom. The average Bonchev–Trinajstić information content (AvgIpc) is 3.09. The molecule has 4 nitrogen and oxygen atoms in total. The standard InChI is InChI=1S/C14H18N2O2S/c17-13-8-12(15-9-11-6-3-7-19-11)14(18)16(13)10-4-1-2-5-10/h3,6-7,10,12,15H,1-2,4-5,8-9H2. The minimum absolute atomic E-state index is 0.000537. The molecule has 5 heteroatoms. The largest absolute Gasteiger partial charge is 0.300 e. The minimum Gasteiger partial charge on any atom is -0.300 e. The number of hydrogen-bond acceptors (Lipinski definition) is 4. The number of imide groups is 1. The van der Waals surface area contributed by atoms with E-state index >= 15 is 0 Å². The molecule has 1 N–H and O–H groups in total. The number of nitrogens with zero attached hydrogens (tertiary/aromatic N) is 1. The van der Waals surface area contributed by atoms with Gasteiger partial charge in [-0.05, 0) is 24.3 Å². The lowest BCUT2D eigenvalue weighted by molar-refractivity contribution is -0.141. The number of thiophene rings is 1. The summed E-state index contributed by atoms with van der Waals surface area (Å²) in [5.74, 6) is -0.0194. The van der Waals surface area contributed by atoms with Gasteiger partial charge in [0.15, 0.2) is 0 Å². The average molecular weight is 278 g/mol. The van der Waals surface area contributed by atoms with Crippen LogP contribution in [0.3, 0.4) is 0 Å². The molecule has 0 spiro atoms. The van der Waals surface area contributed by atoms with Crippen LogP contribution in [0.25, 0.3) is 0 Å². The van der Waals surface area contributed by atoms with Crippen LogP contribution in [0.4, 0.5) is 0 Å². The highest BCUT2D eigenvalue weighted by Gasteiger charge is 2.42. The van der Waals surface area contributed by atoms with E-state index in [9.17, 15) is 9.59 Å². The zero-order valence-corrected chi connectivity index (χ0v) is 11.6. The highest BCUT2D eigenvalue weighted by molar-refractivity contribution is 7.09. The highest BCUT2D eigenvalue weighted by atomic mass is 32.1. The third-order valence-corrected chi connectivity index (χ3v) is 4.85. The molecule has 3 rings (SSSR count). The highest BCUT2D eigenvalue weighted by Crippen LogP contribution is 2.28. The molecule has 1 aliphatic heterocycles. The van der Waals surface area contributed by atoms with Crippen LogP contribution >= 0.6 is 11.3 Å². The van der Waals surface area contributed by atoms with Crippen LogP contribution in [0.1, 0.15) is 37.0 Å². The molecule has 0 radical (unpaired) electrons. The lowest BCUT2D eigenvalue weighted by atomic mass is 10.2. The van der Waals surface area contributed by atoms with E-state index in [1.54, 1.807) is 11.3 Å². The van der Waals surface area contributed by atoms with Crippen molar-refractivity contribution in [3.8, 4) is 0 Å². The van der Waals surface area contributed by atoms with Gasteiger partial charge in [0.25, 0.3) is 0 Å². The van der Waals surface area contributed by atoms with Crippen LogP contribution in [0.2, 0.25) is 0 Å². The number of hydrogen-bond donors (Lipinski definition) is 1. The molecular weight excluding hydrogens is 260 g/mol. The van der Waals surface area contributed by atoms with Crippen LogP contribution in [-0.2, 0) is 16.1 Å². The zero-order chi connectivity index (χ0) is 13.2. The lowest BCUT2D eigenvalue weighted by Gasteiger charge is -2.22. The van der Waals surface area contributed by atoms with Crippen molar-refractivity contribution in [1.82, 2.24) is 10.2 Å². The Hall–Kier alpha value is -1.20. The second kappa shape index (κ2) is 5.43. The Kier molecular flexibility index (Phi) is 3.66. The summed E-state index contributed by atoms with van der Waals surface area (Å²) in [4.78, 5) is 27.0. The quantitative estimate of drug-likeness (QED) is 0.856. The molecule has 19 heavy (non-hydrogen) atoms. The van der Waals surface area contributed by atoms with Crippen molar-refractivity contribution in [2.24, 2.45) is 0 Å². The van der Waals surface area contributed by atoms with Crippen molar-refractivity contribution in [2.75, 3.05) is 0 Å². The zero-order valence-electron chi connectivity index (χ0n) is 10.8. The van der Waals surface area contributed by atoms with Gasteiger partial charge in [0.1, 0.15) is 0 Å². The smallest absolute Gasteiger partial charge is 0.247 e. The summed E-state index contributed by atoms with van der Waals surface area (Å²) in [6.07, 6.45) is 4.55. The van der Waals surface area contributed by atoms with Gasteiger partial charge in [-0.1, -0.05) is 18.9 Å². The van der Waals surface area contributed by atoms with Gasteiger partial charge < -0.3 is 5.32 Å². The summed E-state index contributed by atoms with van der Waals surface area (Å²) in [6, 6.07) is 3.87. The van der Waals surface area contributed by atoms with E-state index in [1.165, 1.54) is 9.78 Å². The van der Waals surface area contributed by atoms with E-state index in [-0.39, 0.29) is 23.9 Å². The van der Waals surface area contributed by atoms with Crippen molar-refractivity contribution < 1.29 is 9.59 Å². The number of likely N-dealkylation sites (tertiary alicyclic amines) is 1. The molecule has 2 heterocycles. The van der Waals surface area contributed by atoms with Gasteiger partial charge in [0.05, 0.1) is 12.5 Å². The van der Waals surface area contributed by atoms with Crippen molar-refractivity contribution in [3.63, 3.8) is 0 Å². The van der Waals surface area contributed by atoms with Gasteiger partial charge in [-0.2, -0.15) is 0 Å². The van der Waals surface area contributed by atoms with Gasteiger partial charge >= 0.3 is 0 Å². The number of carbonyl (C=O) groups is 2. The van der Waals surface area contributed by atoms with E-state index in [1.807, 2.05) is 17.5 Å². The number of amides is 2. The molecule has 1 atom stereocenters. The molecule has 1 aromatic heterocycles. The summed E-state index contributed by atoms with van der Waals surface area (Å²) < 4.78 is 0. The van der Waals surface area contributed by atoms with Crippen LogP contribution in [0, 0.1) is 0 Å². The molecular formula is C14H18N2O2S. The van der Waals surface area contributed by atoms with Crippen molar-refractivity contribution in [2.45, 2.75) is 50.7 Å². The lowest BCUT2D eigenvalue weighted by Crippen LogP contribution is -2.42. The third kappa shape index (κ3) is 2.58. The second-order valence-electron chi connectivity index (χ2n) is 5.26. The Balaban J connectivity index is 1.61. The molecule has 0 bridgehead atoms. The molecule has 2 amide bonds. The Labute approximate surface area is 116 Å². The van der Waals surface area contributed by atoms with Gasteiger partial charge in [-0.25, -0.2) is 0 Å². The summed E-state index contributed by atoms with van der Waals surface area (Å²) >= 11 is 1.66. The molecule has 1 aliphatic carbocycles. The van der Waals surface area contributed by atoms with Crippen LogP contribution in [0.5, 0.6) is 0 Å². The first kappa shape index (κ1) is 12.8. The summed E-state index contributed by atoms with van der Waals surface area (Å²) in [6.45, 7) is 0.667. The van der Waals surface area contributed by atoms with E-state index < -0.39 is 0 Å². The molecule has 0 aromatic carbocycles. The second-order valence-corrected chi connectivity index (χ2v) is 6.29. The topological polar surface area (TPSA) is 49.4 Å². The van der Waals surface area contributed by atoms with E-state index in [4.69, 9.17) is 0 Å². The minimum atomic E-state index is -0.324. The maximum Gasteiger partial charge on any atom is 0.247 e. The fraction of sp³-hybridized carbons (Fsp3) is 0.571. The third-order valence-electron chi connectivity index (χ3n) is 3.98. The van der Waals surface area contributed by atoms with Crippen molar-refractivity contribution in [3.05, 3.63) is 22.4 Å². The first-order chi connectivity index (χ1) is 9.25. The monoisotopic (exact) mass is 278 g/mol. The van der Waals surface area contributed by atoms with E-state index in [2.05, 4.69) is 5.32 Å². The van der Waals surface area contributed by atoms with E-state index in [0.717, 1.165) is 25.7 Å². The van der Waals surface area contributed by atoms with Gasteiger partial charge in [0.2, 0.25) is 11.8 Å². The number of rotatable bonds is 4. The normalized spacial score (nSPS) is 24.6. The SMILES string of the molecule is O=C1CC(NCc2cccs2)C(=O)N1C1CCCC1. The fourth-order valence-electron chi connectivity index (χ4n) is 2.99. The Bertz CT molecular complexity index is 466. The predicted molar refractivity (Wildman–Crippen MR) is 73.7 cm³/mol. The van der Waals surface area contributed by atoms with Crippen LogP contribution in [-0.4, -0.2) is 28.8 Å². The van der Waals surface area contributed by atoms with Gasteiger partial charge in [-0.15, -0.1) is 11.3 Å². The molecule has 1 saturated carbocycles. The Morgan fingerprint density at radius 3 is 2.79 bits per heavy atom. The number of carbonyl (C=O) groups excluding carboxylic acids is 2. The van der Waals surface area contributed by atoms with Crippen LogP contribution < -0.4 is 5.32 Å². The maximum absolute atomic E-state index is 12.3. The first-order valence-corrected chi connectivity index (χ1v) is 7.75. The van der Waals surface area contributed by atoms with Crippen LogP contribution in [0.15, 0.2) is 17.5 Å². The van der Waals surface area contributed by atoms with E-state index in [0.29, 0.717) is 13.0 Å². The molecule has 2 aliphatic rings. The summed E-state index contributed by atoms with van der Waals surface area (Å²) in [5.41, 5.74) is 0. The van der Waals surface area contributed by atoms with Gasteiger partial charge in [0, 0.05) is 17.5 Å². The maximum atomic E-state index is 12.3. The molecule has 1 aromatic rings. The summed E-state index contributed by atoms with van der Waals surface area (Å²) in [7, 11) is 0. The summed E-state index contributed by atoms with van der Waals surface area (Å²) in [5, 5.41) is 5.23. The molecule has 1 saturated heterocycles. The molecule has 2 fully saturated rings. The fourth-order valence-corrected chi connectivity index (χ4v) is 3.65. The predicted octanol–water partition coefficient (Wildman–Crippen LogP) is 1.91. The molecule has 102 valence electrons. The van der Waals surface area contributed by atoms with Crippen molar-refractivity contribution in [1.29, 1.82) is 0 Å². The first-order valence-electron chi connectivity index (χ1n) is 6.87. The Morgan fingerprint density at radius 1 is 1.32 bits per heavy atom.